The SMILES string of the molecule is CCC[C@H](NC(=O)[C@H](Cc1ccc(CS(=O)(=O)O)cc1)NC(=O)c1c(OCC)ccc2ccccc12)C(=O)N1CC[C@H](C)[C@H]1C(=O)N[C@@H](Cc1csc2ccccc12)C(=O)N[C@@H](CCC(=O)O)C(=O)NC(C)(C)C. The number of ether oxygens (including phenoxy) is 1. The van der Waals surface area contributed by atoms with Crippen molar-refractivity contribution >= 4 is 83.7 Å². The Labute approximate surface area is 435 Å². The molecule has 7 N–H and O–H groups in total. The van der Waals surface area contributed by atoms with Crippen LogP contribution in [0.2, 0.25) is 0 Å². The molecule has 0 bridgehead atoms. The molecule has 74 heavy (non-hydrogen) atoms. The summed E-state index contributed by atoms with van der Waals surface area (Å²) in [4.78, 5) is 99.5. The molecule has 1 aliphatic rings. The number of nitrogens with one attached hydrogen (secondary N) is 5. The summed E-state index contributed by atoms with van der Waals surface area (Å²) in [5, 5.41) is 27.7. The Hall–Kier alpha value is -6.90. The van der Waals surface area contributed by atoms with E-state index < -0.39 is 105 Å². The third-order valence-electron chi connectivity index (χ3n) is 12.7. The number of carboxylic acid groups (broad SMARTS) is 1. The first-order valence-electron chi connectivity index (χ1n) is 24.7. The first-order valence-corrected chi connectivity index (χ1v) is 27.2. The van der Waals surface area contributed by atoms with Crippen molar-refractivity contribution in [2.24, 2.45) is 5.92 Å². The van der Waals surface area contributed by atoms with Gasteiger partial charge in [0.1, 0.15) is 41.7 Å². The predicted molar refractivity (Wildman–Crippen MR) is 282 cm³/mol. The van der Waals surface area contributed by atoms with E-state index in [0.717, 1.165) is 21.0 Å². The fraction of sp³-hybridized carbons (Fsp3) is 0.426. The standard InChI is InChI=1S/C54H66N6O12S2/c1-7-13-40(56-48(63)41(28-33-18-20-34(21-19-33)31-74(69,70)71)57-51(66)46-38-16-10-9-14-35(38)22-24-43(46)72-8-2)53(68)60-27-26-32(3)47(60)52(67)58-42(29-36-30-73-44-17-12-11-15-37(36)44)49(64)55-39(23-25-45(61)62)50(65)59-54(4,5)6/h9-12,14-22,24,30,32,39-42,47H,7-8,13,23,25-29,31H2,1-6H3,(H,55,64)(H,56,63)(H,57,66)(H,58,67)(H,59,65)(H,61,62)(H,69,70,71)/t32-,39-,40-,41-,42-,47-/m0/s1. The number of nitrogens with zero attached hydrogens (tertiary/aromatic N) is 1. The molecule has 0 radical (unpaired) electrons. The number of likely N-dealkylation sites (tertiary alicyclic amines) is 1. The van der Waals surface area contributed by atoms with Crippen LogP contribution < -0.4 is 31.3 Å². The van der Waals surface area contributed by atoms with Crippen LogP contribution in [0, 0.1) is 5.92 Å². The monoisotopic (exact) mass is 1050 g/mol. The van der Waals surface area contributed by atoms with Gasteiger partial charge in [0.05, 0.1) is 12.2 Å². The molecule has 0 unspecified atom stereocenters. The predicted octanol–water partition coefficient (Wildman–Crippen LogP) is 5.70. The molecule has 6 rings (SSSR count). The first kappa shape index (κ1) is 56.4. The van der Waals surface area contributed by atoms with Gasteiger partial charge in [-0.2, -0.15) is 8.42 Å². The number of carbonyl (C=O) groups excluding carboxylic acids is 6. The summed E-state index contributed by atoms with van der Waals surface area (Å²) in [6.45, 7) is 11.1. The van der Waals surface area contributed by atoms with Crippen molar-refractivity contribution in [3.05, 3.63) is 113 Å². The average Bonchev–Trinajstić information content (AvgIpc) is 3.94. The Balaban J connectivity index is 1.28. The Morgan fingerprint density at radius 1 is 0.757 bits per heavy atom. The third-order valence-corrected chi connectivity index (χ3v) is 14.4. The summed E-state index contributed by atoms with van der Waals surface area (Å²) in [5.74, 6) is -5.79. The van der Waals surface area contributed by atoms with Gasteiger partial charge in [-0.25, -0.2) is 0 Å². The molecule has 4 aromatic carbocycles. The zero-order valence-electron chi connectivity index (χ0n) is 42.4. The van der Waals surface area contributed by atoms with Crippen LogP contribution in [0.4, 0.5) is 0 Å². The number of carbonyl (C=O) groups is 7. The molecule has 6 amide bonds. The lowest BCUT2D eigenvalue weighted by atomic mass is 9.98. The highest BCUT2D eigenvalue weighted by Crippen LogP contribution is 2.31. The molecule has 6 atom stereocenters. The number of aliphatic carboxylic acids is 1. The zero-order valence-corrected chi connectivity index (χ0v) is 44.1. The Morgan fingerprint density at radius 2 is 1.39 bits per heavy atom. The fourth-order valence-electron chi connectivity index (χ4n) is 9.17. The van der Waals surface area contributed by atoms with E-state index in [-0.39, 0.29) is 50.1 Å². The molecule has 0 aliphatic carbocycles. The zero-order chi connectivity index (χ0) is 53.9. The summed E-state index contributed by atoms with van der Waals surface area (Å²) in [6.07, 6.45) is 0.250. The molecular weight excluding hydrogens is 989 g/mol. The minimum atomic E-state index is -4.33. The lowest BCUT2D eigenvalue weighted by Gasteiger charge is -2.32. The van der Waals surface area contributed by atoms with Gasteiger partial charge in [-0.3, -0.25) is 38.1 Å². The summed E-state index contributed by atoms with van der Waals surface area (Å²) in [6, 6.07) is 18.3. The maximum absolute atomic E-state index is 14.8. The minimum Gasteiger partial charge on any atom is -0.493 e. The second-order valence-corrected chi connectivity index (χ2v) is 22.1. The van der Waals surface area contributed by atoms with Crippen LogP contribution in [0.5, 0.6) is 5.75 Å². The molecule has 1 aliphatic heterocycles. The molecule has 2 heterocycles. The minimum absolute atomic E-state index is 0.00109. The summed E-state index contributed by atoms with van der Waals surface area (Å²) >= 11 is 1.46. The molecule has 5 aromatic rings. The van der Waals surface area contributed by atoms with Gasteiger partial charge in [0.2, 0.25) is 29.5 Å². The van der Waals surface area contributed by atoms with Gasteiger partial charge in [-0.05, 0) is 103 Å². The van der Waals surface area contributed by atoms with Crippen molar-refractivity contribution < 1.29 is 56.4 Å². The summed E-state index contributed by atoms with van der Waals surface area (Å²) in [5.41, 5.74) is 1.04. The molecule has 1 aromatic heterocycles. The topological polar surface area (TPSA) is 267 Å². The van der Waals surface area contributed by atoms with Gasteiger partial charge in [-0.1, -0.05) is 93.1 Å². The molecule has 0 spiro atoms. The highest BCUT2D eigenvalue weighted by atomic mass is 32.2. The van der Waals surface area contributed by atoms with E-state index in [1.165, 1.54) is 28.4 Å². The van der Waals surface area contributed by atoms with Crippen molar-refractivity contribution in [2.45, 2.75) is 128 Å². The lowest BCUT2D eigenvalue weighted by molar-refractivity contribution is -0.143. The van der Waals surface area contributed by atoms with E-state index in [9.17, 15) is 51.6 Å². The van der Waals surface area contributed by atoms with Crippen LogP contribution >= 0.6 is 11.3 Å². The number of carboxylic acids is 1. The van der Waals surface area contributed by atoms with Gasteiger partial charge in [-0.15, -0.1) is 11.3 Å². The molecule has 396 valence electrons. The van der Waals surface area contributed by atoms with Gasteiger partial charge in [0.15, 0.2) is 0 Å². The van der Waals surface area contributed by atoms with Crippen LogP contribution in [0.3, 0.4) is 0 Å². The van der Waals surface area contributed by atoms with Crippen LogP contribution in [-0.4, -0.2) is 113 Å². The Kier molecular flexibility index (Phi) is 19.0. The van der Waals surface area contributed by atoms with Crippen molar-refractivity contribution in [1.82, 2.24) is 31.5 Å². The number of thiophene rings is 1. The second kappa shape index (κ2) is 24.9. The maximum Gasteiger partial charge on any atom is 0.303 e. The Bertz CT molecular complexity index is 2970. The highest BCUT2D eigenvalue weighted by molar-refractivity contribution is 7.85. The van der Waals surface area contributed by atoms with Gasteiger partial charge in [0.25, 0.3) is 16.0 Å². The van der Waals surface area contributed by atoms with Gasteiger partial charge >= 0.3 is 5.97 Å². The van der Waals surface area contributed by atoms with Gasteiger partial charge in [0, 0.05) is 36.0 Å². The summed E-state index contributed by atoms with van der Waals surface area (Å²) < 4.78 is 39.4. The number of benzene rings is 4. The number of hydrogen-bond donors (Lipinski definition) is 7. The number of amides is 6. The molecule has 0 saturated carbocycles. The quantitative estimate of drug-likeness (QED) is 0.0389. The van der Waals surface area contributed by atoms with E-state index in [1.807, 2.05) is 61.7 Å². The van der Waals surface area contributed by atoms with Crippen LogP contribution in [-0.2, 0) is 57.5 Å². The van der Waals surface area contributed by atoms with Crippen molar-refractivity contribution in [3.8, 4) is 5.75 Å². The number of hydrogen-bond acceptors (Lipinski definition) is 11. The maximum atomic E-state index is 14.8. The van der Waals surface area contributed by atoms with Crippen LogP contribution in [0.1, 0.15) is 101 Å². The van der Waals surface area contributed by atoms with Crippen molar-refractivity contribution in [1.29, 1.82) is 0 Å². The van der Waals surface area contributed by atoms with Gasteiger partial charge < -0.3 is 41.3 Å². The largest absolute Gasteiger partial charge is 0.493 e. The molecular formula is C54H66N6O12S2. The highest BCUT2D eigenvalue weighted by Gasteiger charge is 2.43. The van der Waals surface area contributed by atoms with E-state index >= 15 is 0 Å². The average molecular weight is 1060 g/mol. The van der Waals surface area contributed by atoms with E-state index in [0.29, 0.717) is 29.4 Å². The second-order valence-electron chi connectivity index (χ2n) is 19.7. The van der Waals surface area contributed by atoms with E-state index in [1.54, 1.807) is 58.0 Å². The van der Waals surface area contributed by atoms with Crippen LogP contribution in [0.25, 0.3) is 20.9 Å². The normalized spacial score (nSPS) is 16.4. The van der Waals surface area contributed by atoms with E-state index in [4.69, 9.17) is 4.74 Å². The summed E-state index contributed by atoms with van der Waals surface area (Å²) in [7, 11) is -4.33. The Morgan fingerprint density at radius 3 is 2.04 bits per heavy atom. The fourth-order valence-corrected chi connectivity index (χ4v) is 10.8. The van der Waals surface area contributed by atoms with Crippen LogP contribution in [0.15, 0.2) is 90.3 Å². The molecule has 1 saturated heterocycles. The number of fused-ring (bicyclic) bond motifs is 2. The molecule has 1 fully saturated rings. The molecule has 20 heteroatoms. The lowest BCUT2D eigenvalue weighted by Crippen LogP contribution is -2.60. The van der Waals surface area contributed by atoms with Crippen molar-refractivity contribution in [3.63, 3.8) is 0 Å². The molecule has 18 nitrogen and oxygen atoms in total. The first-order chi connectivity index (χ1) is 35.0. The third kappa shape index (κ3) is 15.1. The smallest absolute Gasteiger partial charge is 0.303 e. The van der Waals surface area contributed by atoms with E-state index in [2.05, 4.69) is 26.6 Å². The van der Waals surface area contributed by atoms with Crippen molar-refractivity contribution in [2.75, 3.05) is 13.2 Å². The number of rotatable bonds is 23.